The summed E-state index contributed by atoms with van der Waals surface area (Å²) in [5.74, 6) is -0.546. The van der Waals surface area contributed by atoms with Crippen molar-refractivity contribution in [1.29, 1.82) is 0 Å². The van der Waals surface area contributed by atoms with Crippen LogP contribution in [0.5, 0.6) is 0 Å². The van der Waals surface area contributed by atoms with Gasteiger partial charge in [0.25, 0.3) is 5.91 Å². The fourth-order valence-electron chi connectivity index (χ4n) is 2.96. The molecule has 1 aliphatic heterocycles. The van der Waals surface area contributed by atoms with E-state index in [2.05, 4.69) is 10.6 Å². The van der Waals surface area contributed by atoms with Crippen molar-refractivity contribution in [2.45, 2.75) is 19.9 Å². The van der Waals surface area contributed by atoms with E-state index in [1.165, 1.54) is 6.26 Å². The molecule has 0 saturated carbocycles. The van der Waals surface area contributed by atoms with Crippen LogP contribution >= 0.6 is 12.2 Å². The van der Waals surface area contributed by atoms with Crippen molar-refractivity contribution in [3.63, 3.8) is 0 Å². The molecule has 2 aromatic rings. The van der Waals surface area contributed by atoms with Gasteiger partial charge in [-0.3, -0.25) is 4.79 Å². The summed E-state index contributed by atoms with van der Waals surface area (Å²) in [5, 5.41) is 6.47. The molecule has 1 amide bonds. The predicted octanol–water partition coefficient (Wildman–Crippen LogP) is 3.23. The van der Waals surface area contributed by atoms with Gasteiger partial charge in [0.1, 0.15) is 0 Å². The van der Waals surface area contributed by atoms with Crippen molar-refractivity contribution in [3.8, 4) is 0 Å². The second-order valence-electron chi connectivity index (χ2n) is 6.22. The number of anilines is 1. The summed E-state index contributed by atoms with van der Waals surface area (Å²) in [4.78, 5) is 26.6. The minimum absolute atomic E-state index is 0.215. The van der Waals surface area contributed by atoms with E-state index in [0.29, 0.717) is 16.4 Å². The molecule has 0 aliphatic carbocycles. The quantitative estimate of drug-likeness (QED) is 0.590. The van der Waals surface area contributed by atoms with Crippen molar-refractivity contribution in [2.75, 3.05) is 19.0 Å². The topological polar surface area (TPSA) is 83.8 Å². The van der Waals surface area contributed by atoms with E-state index in [1.807, 2.05) is 13.0 Å². The zero-order valence-corrected chi connectivity index (χ0v) is 16.6. The van der Waals surface area contributed by atoms with E-state index in [1.54, 1.807) is 49.2 Å². The smallest absolute Gasteiger partial charge is 0.338 e. The third kappa shape index (κ3) is 3.91. The lowest BCUT2D eigenvalue weighted by molar-refractivity contribution is -0.139. The van der Waals surface area contributed by atoms with E-state index in [0.717, 1.165) is 11.3 Å². The van der Waals surface area contributed by atoms with Crippen LogP contribution in [-0.4, -0.2) is 35.5 Å². The Morgan fingerprint density at radius 1 is 1.32 bits per heavy atom. The zero-order valence-electron chi connectivity index (χ0n) is 15.8. The Balaban J connectivity index is 1.93. The van der Waals surface area contributed by atoms with Crippen LogP contribution in [-0.2, 0) is 9.53 Å². The molecule has 0 saturated heterocycles. The van der Waals surface area contributed by atoms with Crippen LogP contribution in [0.1, 0.15) is 36.0 Å². The second kappa shape index (κ2) is 8.26. The molecule has 1 aromatic carbocycles. The molecule has 28 heavy (non-hydrogen) atoms. The number of hydrogen-bond donors (Lipinski definition) is 2. The van der Waals surface area contributed by atoms with Gasteiger partial charge in [-0.05, 0) is 55.9 Å². The number of hydrogen-bond acceptors (Lipinski definition) is 5. The number of carbonyl (C=O) groups excluding carboxylic acids is 2. The molecule has 0 fully saturated rings. The molecule has 0 radical (unpaired) electrons. The Bertz CT molecular complexity index is 937. The number of rotatable bonds is 5. The fourth-order valence-corrected chi connectivity index (χ4v) is 3.21. The minimum atomic E-state index is -0.483. The van der Waals surface area contributed by atoms with Crippen molar-refractivity contribution >= 4 is 34.9 Å². The Hall–Kier alpha value is -3.13. The lowest BCUT2D eigenvalue weighted by atomic mass is 9.95. The number of furan rings is 1. The lowest BCUT2D eigenvalue weighted by Crippen LogP contribution is -2.46. The molecule has 1 aromatic heterocycles. The van der Waals surface area contributed by atoms with Gasteiger partial charge in [-0.1, -0.05) is 12.1 Å². The highest BCUT2D eigenvalue weighted by Crippen LogP contribution is 2.32. The third-order valence-corrected chi connectivity index (χ3v) is 4.86. The molecule has 1 atom stereocenters. The fraction of sp³-hybridized carbons (Fsp3) is 0.250. The van der Waals surface area contributed by atoms with Gasteiger partial charge < -0.3 is 24.7 Å². The van der Waals surface area contributed by atoms with E-state index < -0.39 is 12.0 Å². The molecular weight excluding hydrogens is 378 g/mol. The van der Waals surface area contributed by atoms with Crippen molar-refractivity contribution in [3.05, 3.63) is 65.3 Å². The van der Waals surface area contributed by atoms with Crippen LogP contribution < -0.4 is 10.6 Å². The molecule has 0 bridgehead atoms. The summed E-state index contributed by atoms with van der Waals surface area (Å²) in [7, 11) is 1.79. The number of ether oxygens (including phenoxy) is 1. The number of thiocarbonyl (C=S) groups is 1. The number of benzene rings is 1. The zero-order chi connectivity index (χ0) is 20.3. The largest absolute Gasteiger partial charge is 0.463 e. The van der Waals surface area contributed by atoms with Gasteiger partial charge in [0.05, 0.1) is 24.5 Å². The van der Waals surface area contributed by atoms with Crippen molar-refractivity contribution in [2.24, 2.45) is 0 Å². The first-order valence-electron chi connectivity index (χ1n) is 8.79. The van der Waals surface area contributed by atoms with Gasteiger partial charge in [-0.2, -0.15) is 0 Å². The highest BCUT2D eigenvalue weighted by Gasteiger charge is 2.33. The van der Waals surface area contributed by atoms with E-state index >= 15 is 0 Å². The van der Waals surface area contributed by atoms with Gasteiger partial charge in [0.2, 0.25) is 0 Å². The maximum Gasteiger partial charge on any atom is 0.338 e. The highest BCUT2D eigenvalue weighted by atomic mass is 32.1. The third-order valence-electron chi connectivity index (χ3n) is 4.47. The van der Waals surface area contributed by atoms with E-state index in [-0.39, 0.29) is 18.3 Å². The molecular formula is C20H21N3O4S. The average Bonchev–Trinajstić information content (AvgIpc) is 3.21. The number of esters is 1. The molecule has 8 heteroatoms. The highest BCUT2D eigenvalue weighted by molar-refractivity contribution is 7.80. The number of nitrogens with one attached hydrogen (secondary N) is 2. The SMILES string of the molecule is CCOC(=O)C1=C(C)N(C)C(=S)N[C@H]1c1cccc(NC(=O)c2ccco2)c1. The van der Waals surface area contributed by atoms with E-state index in [9.17, 15) is 9.59 Å². The lowest BCUT2D eigenvalue weighted by Gasteiger charge is -2.35. The van der Waals surface area contributed by atoms with E-state index in [4.69, 9.17) is 21.4 Å². The Kier molecular flexibility index (Phi) is 5.79. The van der Waals surface area contributed by atoms with Crippen molar-refractivity contribution < 1.29 is 18.7 Å². The number of carbonyl (C=O) groups is 2. The van der Waals surface area contributed by atoms with Crippen LogP contribution in [0.25, 0.3) is 0 Å². The normalized spacial score (nSPS) is 16.6. The van der Waals surface area contributed by atoms with Crippen LogP contribution in [0.15, 0.2) is 58.3 Å². The first-order chi connectivity index (χ1) is 13.4. The summed E-state index contributed by atoms with van der Waals surface area (Å²) >= 11 is 5.39. The Morgan fingerprint density at radius 2 is 2.11 bits per heavy atom. The molecule has 2 N–H and O–H groups in total. The average molecular weight is 399 g/mol. The molecule has 7 nitrogen and oxygen atoms in total. The number of amides is 1. The van der Waals surface area contributed by atoms with Gasteiger partial charge >= 0.3 is 5.97 Å². The molecule has 2 heterocycles. The molecule has 0 unspecified atom stereocenters. The summed E-state index contributed by atoms with van der Waals surface area (Å²) in [6.07, 6.45) is 1.44. The maximum absolute atomic E-state index is 12.6. The monoisotopic (exact) mass is 399 g/mol. The molecule has 3 rings (SSSR count). The van der Waals surface area contributed by atoms with Gasteiger partial charge in [-0.25, -0.2) is 4.79 Å². The summed E-state index contributed by atoms with van der Waals surface area (Å²) in [6.45, 7) is 3.86. The van der Waals surface area contributed by atoms with Crippen LogP contribution in [0.2, 0.25) is 0 Å². The minimum Gasteiger partial charge on any atom is -0.463 e. The molecule has 146 valence electrons. The number of nitrogens with zero attached hydrogens (tertiary/aromatic N) is 1. The predicted molar refractivity (Wildman–Crippen MR) is 109 cm³/mol. The summed E-state index contributed by atoms with van der Waals surface area (Å²) in [6, 6.07) is 9.96. The molecule has 1 aliphatic rings. The molecule has 0 spiro atoms. The second-order valence-corrected chi connectivity index (χ2v) is 6.60. The maximum atomic E-state index is 12.6. The Labute approximate surface area is 168 Å². The van der Waals surface area contributed by atoms with Gasteiger partial charge in [-0.15, -0.1) is 0 Å². The van der Waals surface area contributed by atoms with Crippen LogP contribution in [0.3, 0.4) is 0 Å². The first-order valence-corrected chi connectivity index (χ1v) is 9.20. The van der Waals surface area contributed by atoms with Crippen LogP contribution in [0.4, 0.5) is 5.69 Å². The van der Waals surface area contributed by atoms with Crippen LogP contribution in [0, 0.1) is 0 Å². The first kappa shape index (κ1) is 19.6. The van der Waals surface area contributed by atoms with Gasteiger partial charge in [0.15, 0.2) is 10.9 Å². The van der Waals surface area contributed by atoms with Crippen molar-refractivity contribution in [1.82, 2.24) is 10.2 Å². The summed E-state index contributed by atoms with van der Waals surface area (Å²) < 4.78 is 10.4. The van der Waals surface area contributed by atoms with Gasteiger partial charge in [0, 0.05) is 18.4 Å². The number of allylic oxidation sites excluding steroid dienone is 1. The Morgan fingerprint density at radius 3 is 2.79 bits per heavy atom. The summed E-state index contributed by atoms with van der Waals surface area (Å²) in [5.41, 5.74) is 2.55. The standard InChI is InChI=1S/C20H21N3O4S/c1-4-26-19(25)16-12(2)23(3)20(28)22-17(16)13-7-5-8-14(11-13)21-18(24)15-9-6-10-27-15/h5-11,17H,4H2,1-3H3,(H,21,24)(H,22,28)/t17-/m0/s1.